The van der Waals surface area contributed by atoms with Crippen molar-refractivity contribution in [2.24, 2.45) is 0 Å². The van der Waals surface area contributed by atoms with E-state index in [0.717, 1.165) is 54.9 Å². The molecule has 0 unspecified atom stereocenters. The Morgan fingerprint density at radius 3 is 1.41 bits per heavy atom. The summed E-state index contributed by atoms with van der Waals surface area (Å²) in [6.45, 7) is 20.0. The minimum absolute atomic E-state index is 0.0662. The Kier molecular flexibility index (Phi) is 5.98. The molecule has 0 saturated heterocycles. The van der Waals surface area contributed by atoms with Gasteiger partial charge in [0.25, 0.3) is 0 Å². The van der Waals surface area contributed by atoms with Crippen molar-refractivity contribution >= 4 is 43.6 Å². The molecule has 2 nitrogen and oxygen atoms in total. The predicted octanol–water partition coefficient (Wildman–Crippen LogP) is 15.1. The Bertz CT molecular complexity index is 3320. The number of rotatable bonds is 4. The monoisotopic (exact) mass is 738 g/mol. The number of fused-ring (bicyclic) bond motifs is 6. The van der Waals surface area contributed by atoms with E-state index in [1.807, 2.05) is 18.2 Å². The maximum Gasteiger partial charge on any atom is 0.0629 e. The van der Waals surface area contributed by atoms with Crippen LogP contribution >= 0.6 is 0 Å². The van der Waals surface area contributed by atoms with Crippen molar-refractivity contribution in [2.45, 2.75) is 78.6 Å². The smallest absolute Gasteiger partial charge is 0.0629 e. The van der Waals surface area contributed by atoms with Gasteiger partial charge < -0.3 is 9.13 Å². The summed E-state index contributed by atoms with van der Waals surface area (Å²) in [5.41, 5.74) is 8.45. The van der Waals surface area contributed by atoms with Gasteiger partial charge in [-0.3, -0.25) is 0 Å². The molecule has 56 heavy (non-hydrogen) atoms. The molecule has 0 fully saturated rings. The van der Waals surface area contributed by atoms with E-state index in [1.54, 1.807) is 18.2 Å². The highest BCUT2D eigenvalue weighted by atomic mass is 15.0. The molecule has 0 aliphatic rings. The van der Waals surface area contributed by atoms with Gasteiger partial charge in [0.2, 0.25) is 0 Å². The molecular formula is C54H52N2. The van der Waals surface area contributed by atoms with Gasteiger partial charge in [-0.1, -0.05) is 159 Å². The van der Waals surface area contributed by atoms with Gasteiger partial charge in [0.1, 0.15) is 0 Å². The number of para-hydroxylation sites is 1. The van der Waals surface area contributed by atoms with Crippen LogP contribution in [-0.2, 0) is 16.2 Å². The molecule has 0 atom stereocenters. The van der Waals surface area contributed by atoms with E-state index in [0.29, 0.717) is 5.69 Å². The minimum Gasteiger partial charge on any atom is -0.309 e. The quantitative estimate of drug-likeness (QED) is 0.170. The van der Waals surface area contributed by atoms with Crippen molar-refractivity contribution in [3.8, 4) is 33.6 Å². The van der Waals surface area contributed by atoms with Gasteiger partial charge in [-0.25, -0.2) is 0 Å². The van der Waals surface area contributed by atoms with Crippen molar-refractivity contribution in [2.75, 3.05) is 0 Å². The molecular weight excluding hydrogens is 677 g/mol. The molecule has 0 saturated carbocycles. The van der Waals surface area contributed by atoms with Crippen molar-refractivity contribution < 1.29 is 13.7 Å². The second-order valence-corrected chi connectivity index (χ2v) is 18.0. The largest absolute Gasteiger partial charge is 0.309 e. The summed E-state index contributed by atoms with van der Waals surface area (Å²) in [6.07, 6.45) is 0. The van der Waals surface area contributed by atoms with Crippen LogP contribution in [0.2, 0.25) is 0 Å². The number of aromatic nitrogens is 2. The van der Waals surface area contributed by atoms with E-state index < -0.39 is 65.8 Å². The first-order valence-electron chi connectivity index (χ1n) is 24.3. The Labute approximate surface area is 346 Å². The van der Waals surface area contributed by atoms with Crippen molar-refractivity contribution in [3.63, 3.8) is 0 Å². The maximum atomic E-state index is 9.05. The molecule has 7 aromatic carbocycles. The maximum absolute atomic E-state index is 9.05. The van der Waals surface area contributed by atoms with Gasteiger partial charge in [0.15, 0.2) is 0 Å². The van der Waals surface area contributed by atoms with Crippen LogP contribution in [0.5, 0.6) is 0 Å². The zero-order valence-corrected chi connectivity index (χ0v) is 33.6. The van der Waals surface area contributed by atoms with Gasteiger partial charge in [-0.05, 0) is 104 Å². The van der Waals surface area contributed by atoms with Crippen molar-refractivity contribution in [3.05, 3.63) is 168 Å². The Hall–Kier alpha value is -5.86. The highest BCUT2D eigenvalue weighted by Crippen LogP contribution is 2.45. The molecule has 0 spiro atoms. The van der Waals surface area contributed by atoms with Crippen LogP contribution in [0.15, 0.2) is 151 Å². The highest BCUT2D eigenvalue weighted by molar-refractivity contribution is 6.13. The topological polar surface area (TPSA) is 9.86 Å². The number of benzene rings is 7. The van der Waals surface area contributed by atoms with Crippen LogP contribution in [0.1, 0.15) is 92.7 Å². The summed E-state index contributed by atoms with van der Waals surface area (Å²) in [5.74, 6) is 0. The van der Waals surface area contributed by atoms with E-state index in [-0.39, 0.29) is 33.1 Å². The summed E-state index contributed by atoms with van der Waals surface area (Å²) in [5, 5.41) is 4.22. The highest BCUT2D eigenvalue weighted by Gasteiger charge is 2.29. The number of hydrogen-bond acceptors (Lipinski definition) is 0. The van der Waals surface area contributed by atoms with Gasteiger partial charge in [-0.2, -0.15) is 0 Å². The van der Waals surface area contributed by atoms with Gasteiger partial charge in [0, 0.05) is 32.8 Å². The molecule has 2 heteroatoms. The van der Waals surface area contributed by atoms with Crippen LogP contribution in [0.4, 0.5) is 0 Å². The van der Waals surface area contributed by atoms with E-state index in [2.05, 4.69) is 126 Å². The van der Waals surface area contributed by atoms with Crippen LogP contribution in [0.25, 0.3) is 77.2 Å². The molecule has 2 heterocycles. The summed E-state index contributed by atoms with van der Waals surface area (Å²) in [6, 6.07) is 26.3. The van der Waals surface area contributed by atoms with Crippen LogP contribution in [0.3, 0.4) is 0 Å². The zero-order chi connectivity index (χ0) is 47.8. The molecule has 0 bridgehead atoms. The Morgan fingerprint density at radius 1 is 0.411 bits per heavy atom. The van der Waals surface area contributed by atoms with Crippen molar-refractivity contribution in [1.82, 2.24) is 9.13 Å². The standard InChI is InChI=1S/C54H52N2/c1-52(2,3)39-24-27-47-44(33-39)45-34-40(53(4,5)6)25-28-48(45)56(47)49-29-26-43-42-22-16-17-23-46(42)55(51(43)50(49)54(7,8)9)41-31-37(35-18-12-10-13-19-35)30-38(32-41)36-20-14-11-15-21-36/h10-34H,1-9H3/i10D,11D,12D,13D,14D,15D,18D,19D,20D,21D. The lowest BCUT2D eigenvalue weighted by molar-refractivity contribution is 0.590. The van der Waals surface area contributed by atoms with E-state index in [9.17, 15) is 0 Å². The Morgan fingerprint density at radius 2 is 0.911 bits per heavy atom. The molecule has 0 amide bonds. The summed E-state index contributed by atoms with van der Waals surface area (Å²) in [7, 11) is 0. The zero-order valence-electron chi connectivity index (χ0n) is 43.6. The Balaban J connectivity index is 1.47. The fraction of sp³-hybridized carbons (Fsp3) is 0.222. The first-order chi connectivity index (χ1) is 30.8. The predicted molar refractivity (Wildman–Crippen MR) is 242 cm³/mol. The summed E-state index contributed by atoms with van der Waals surface area (Å²) in [4.78, 5) is 0. The molecule has 0 radical (unpaired) electrons. The second-order valence-electron chi connectivity index (χ2n) is 18.0. The second kappa shape index (κ2) is 12.8. The summed E-state index contributed by atoms with van der Waals surface area (Å²) >= 11 is 0. The molecule has 0 N–H and O–H groups in total. The van der Waals surface area contributed by atoms with Gasteiger partial charge >= 0.3 is 0 Å². The average molecular weight is 739 g/mol. The molecule has 9 aromatic rings. The summed E-state index contributed by atoms with van der Waals surface area (Å²) < 4.78 is 91.8. The minimum atomic E-state index is -0.533. The first-order valence-corrected chi connectivity index (χ1v) is 19.3. The van der Waals surface area contributed by atoms with Crippen LogP contribution in [0, 0.1) is 0 Å². The first kappa shape index (κ1) is 26.1. The lowest BCUT2D eigenvalue weighted by atomic mass is 9.83. The van der Waals surface area contributed by atoms with Crippen molar-refractivity contribution in [1.29, 1.82) is 0 Å². The molecule has 2 aromatic heterocycles. The number of nitrogens with zero attached hydrogens (tertiary/aromatic N) is 2. The van der Waals surface area contributed by atoms with E-state index >= 15 is 0 Å². The third-order valence-corrected chi connectivity index (χ3v) is 11.1. The van der Waals surface area contributed by atoms with E-state index in [4.69, 9.17) is 13.7 Å². The van der Waals surface area contributed by atoms with Crippen LogP contribution < -0.4 is 0 Å². The fourth-order valence-corrected chi connectivity index (χ4v) is 8.27. The normalized spacial score (nSPS) is 15.2. The average Bonchev–Trinajstić information content (AvgIpc) is 3.77. The van der Waals surface area contributed by atoms with Gasteiger partial charge in [0.05, 0.1) is 41.5 Å². The SMILES string of the molecule is [2H]c1c([2H])c([2H])c(-c2cc(-c3c([2H])c([2H])c([2H])c([2H])c3[2H])cc(-n3c4ccccc4c4ccc(-n5c6ccc(C(C)(C)C)cc6c6cc(C(C)(C)C)ccc65)c(C(C)(C)C)c43)c2)c([2H])c1[2H]. The van der Waals surface area contributed by atoms with Crippen LogP contribution in [-0.4, -0.2) is 9.13 Å². The third kappa shape index (κ3) is 5.95. The van der Waals surface area contributed by atoms with E-state index in [1.165, 1.54) is 11.1 Å². The lowest BCUT2D eigenvalue weighted by Crippen LogP contribution is -2.17. The molecule has 9 rings (SSSR count). The lowest BCUT2D eigenvalue weighted by Gasteiger charge is -2.27. The van der Waals surface area contributed by atoms with Gasteiger partial charge in [-0.15, -0.1) is 0 Å². The molecule has 0 aliphatic carbocycles. The number of hydrogen-bond donors (Lipinski definition) is 0. The molecule has 278 valence electrons. The fourth-order valence-electron chi connectivity index (χ4n) is 8.27. The third-order valence-electron chi connectivity index (χ3n) is 11.1. The molecule has 0 aliphatic heterocycles.